The third-order valence-corrected chi connectivity index (χ3v) is 4.63. The van der Waals surface area contributed by atoms with E-state index < -0.39 is 24.8 Å². The summed E-state index contributed by atoms with van der Waals surface area (Å²) in [6, 6.07) is 4.56. The van der Waals surface area contributed by atoms with Gasteiger partial charge in [-0.3, -0.25) is 5.32 Å². The van der Waals surface area contributed by atoms with Gasteiger partial charge in [-0.25, -0.2) is 23.3 Å². The number of carbonyl (C=O) groups excluding carboxylic acids is 2. The van der Waals surface area contributed by atoms with E-state index in [9.17, 15) is 18.4 Å². The molecular formula is C17H22F2N4O3. The number of rotatable bonds is 5. The first-order chi connectivity index (χ1) is 12.5. The molecule has 0 unspecified atom stereocenters. The molecule has 4 amide bonds. The van der Waals surface area contributed by atoms with E-state index in [0.717, 1.165) is 5.56 Å². The van der Waals surface area contributed by atoms with Crippen LogP contribution in [0.3, 0.4) is 0 Å². The van der Waals surface area contributed by atoms with Crippen molar-refractivity contribution in [2.75, 3.05) is 13.2 Å². The molecule has 2 fully saturated rings. The summed E-state index contributed by atoms with van der Waals surface area (Å²) in [5, 5.41) is 8.48. The Bertz CT molecular complexity index is 632. The fourth-order valence-corrected chi connectivity index (χ4v) is 3.15. The smallest absolute Gasteiger partial charge is 0.328 e. The molecule has 1 atom stereocenters. The summed E-state index contributed by atoms with van der Waals surface area (Å²) >= 11 is 0. The van der Waals surface area contributed by atoms with Crippen molar-refractivity contribution >= 4 is 12.1 Å². The Morgan fingerprint density at radius 3 is 2.15 bits per heavy atom. The van der Waals surface area contributed by atoms with Gasteiger partial charge in [-0.05, 0) is 25.3 Å². The molecule has 9 heteroatoms. The van der Waals surface area contributed by atoms with Crippen LogP contribution >= 0.6 is 0 Å². The Kier molecular flexibility index (Phi) is 5.67. The first-order valence-corrected chi connectivity index (χ1v) is 8.57. The van der Waals surface area contributed by atoms with Gasteiger partial charge in [0, 0.05) is 30.9 Å². The van der Waals surface area contributed by atoms with Gasteiger partial charge in [0.15, 0.2) is 6.29 Å². The summed E-state index contributed by atoms with van der Waals surface area (Å²) in [6.45, 7) is 2.87. The monoisotopic (exact) mass is 368 g/mol. The second-order valence-corrected chi connectivity index (χ2v) is 6.40. The van der Waals surface area contributed by atoms with E-state index in [1.165, 1.54) is 17.0 Å². The number of hydrogen-bond donors (Lipinski definition) is 3. The molecule has 2 aliphatic heterocycles. The number of hydrogen-bond acceptors (Lipinski definition) is 4. The number of nitrogens with zero attached hydrogens (tertiary/aromatic N) is 1. The Hall–Kier alpha value is -2.26. The number of benzene rings is 1. The quantitative estimate of drug-likeness (QED) is 0.746. The first-order valence-electron chi connectivity index (χ1n) is 8.57. The number of ether oxygens (including phenoxy) is 1. The van der Waals surface area contributed by atoms with Crippen molar-refractivity contribution < 1.29 is 23.1 Å². The van der Waals surface area contributed by atoms with Crippen LogP contribution in [0.4, 0.5) is 18.4 Å². The third-order valence-electron chi connectivity index (χ3n) is 4.63. The second kappa shape index (κ2) is 7.96. The van der Waals surface area contributed by atoms with E-state index in [0.29, 0.717) is 26.1 Å². The molecule has 2 saturated heterocycles. The number of nitrogens with one attached hydrogen (secondary N) is 3. The SMILES string of the molecule is C[C@H](NC1NC(=O)N(C2CCOCC2)C(=O)N1)c1ccc(C(F)F)cc1. The zero-order valence-electron chi connectivity index (χ0n) is 14.4. The van der Waals surface area contributed by atoms with Gasteiger partial charge >= 0.3 is 12.1 Å². The lowest BCUT2D eigenvalue weighted by Gasteiger charge is -2.39. The van der Waals surface area contributed by atoms with Crippen molar-refractivity contribution in [2.24, 2.45) is 0 Å². The molecular weight excluding hydrogens is 346 g/mol. The normalized spacial score (nSPS) is 20.8. The van der Waals surface area contributed by atoms with Crippen molar-refractivity contribution in [1.82, 2.24) is 20.9 Å². The highest BCUT2D eigenvalue weighted by Crippen LogP contribution is 2.22. The standard InChI is InChI=1S/C17H22F2N4O3/c1-10(11-2-4-12(5-3-11)14(18)19)20-15-21-16(24)23(17(25)22-15)13-6-8-26-9-7-13/h2-5,10,13-15,20H,6-9H2,1H3,(H,21,24)(H,22,25)/t10-/m0/s1. The van der Waals surface area contributed by atoms with Crippen LogP contribution in [-0.2, 0) is 4.74 Å². The van der Waals surface area contributed by atoms with Gasteiger partial charge in [-0.15, -0.1) is 0 Å². The van der Waals surface area contributed by atoms with Gasteiger partial charge in [-0.2, -0.15) is 0 Å². The van der Waals surface area contributed by atoms with E-state index in [2.05, 4.69) is 16.0 Å². The largest absolute Gasteiger partial charge is 0.381 e. The van der Waals surface area contributed by atoms with Crippen LogP contribution in [0.15, 0.2) is 24.3 Å². The first kappa shape index (κ1) is 18.5. The number of halogens is 2. The Morgan fingerprint density at radius 2 is 1.62 bits per heavy atom. The van der Waals surface area contributed by atoms with Gasteiger partial charge in [0.05, 0.1) is 0 Å². The molecule has 2 aliphatic rings. The molecule has 3 N–H and O–H groups in total. The summed E-state index contributed by atoms with van der Waals surface area (Å²) < 4.78 is 30.5. The minimum absolute atomic E-state index is 0.0488. The molecule has 0 spiro atoms. The molecule has 0 aliphatic carbocycles. The molecule has 2 heterocycles. The highest BCUT2D eigenvalue weighted by atomic mass is 19.3. The molecule has 1 aromatic rings. The van der Waals surface area contributed by atoms with Crippen LogP contribution in [0.1, 0.15) is 43.4 Å². The van der Waals surface area contributed by atoms with Crippen LogP contribution in [0.25, 0.3) is 0 Å². The van der Waals surface area contributed by atoms with Crippen LogP contribution < -0.4 is 16.0 Å². The van der Waals surface area contributed by atoms with Gasteiger partial charge in [-0.1, -0.05) is 24.3 Å². The molecule has 3 rings (SSSR count). The van der Waals surface area contributed by atoms with E-state index in [1.807, 2.05) is 6.92 Å². The van der Waals surface area contributed by atoms with E-state index in [-0.39, 0.29) is 17.6 Å². The highest BCUT2D eigenvalue weighted by Gasteiger charge is 2.37. The van der Waals surface area contributed by atoms with Crippen molar-refractivity contribution in [3.8, 4) is 0 Å². The van der Waals surface area contributed by atoms with E-state index in [4.69, 9.17) is 4.74 Å². The van der Waals surface area contributed by atoms with Crippen molar-refractivity contribution in [1.29, 1.82) is 0 Å². The summed E-state index contributed by atoms with van der Waals surface area (Å²) in [5.74, 6) is 0. The lowest BCUT2D eigenvalue weighted by molar-refractivity contribution is 0.0492. The Balaban J connectivity index is 1.59. The molecule has 142 valence electrons. The number of imide groups is 1. The number of carbonyl (C=O) groups is 2. The highest BCUT2D eigenvalue weighted by molar-refractivity contribution is 5.96. The lowest BCUT2D eigenvalue weighted by Crippen LogP contribution is -2.70. The fraction of sp³-hybridized carbons (Fsp3) is 0.529. The van der Waals surface area contributed by atoms with E-state index >= 15 is 0 Å². The van der Waals surface area contributed by atoms with E-state index in [1.54, 1.807) is 12.1 Å². The zero-order valence-corrected chi connectivity index (χ0v) is 14.4. The second-order valence-electron chi connectivity index (χ2n) is 6.40. The van der Waals surface area contributed by atoms with Crippen molar-refractivity contribution in [3.05, 3.63) is 35.4 Å². The molecule has 0 radical (unpaired) electrons. The molecule has 7 nitrogen and oxygen atoms in total. The van der Waals surface area contributed by atoms with Crippen LogP contribution in [0.2, 0.25) is 0 Å². The topological polar surface area (TPSA) is 82.7 Å². The van der Waals surface area contributed by atoms with Crippen LogP contribution in [-0.4, -0.2) is 42.5 Å². The average Bonchev–Trinajstić information content (AvgIpc) is 2.62. The lowest BCUT2D eigenvalue weighted by atomic mass is 10.1. The minimum Gasteiger partial charge on any atom is -0.381 e. The minimum atomic E-state index is -2.51. The van der Waals surface area contributed by atoms with Crippen LogP contribution in [0.5, 0.6) is 0 Å². The maximum absolute atomic E-state index is 12.6. The average molecular weight is 368 g/mol. The Morgan fingerprint density at radius 1 is 1.08 bits per heavy atom. The van der Waals surface area contributed by atoms with Gasteiger partial charge in [0.2, 0.25) is 0 Å². The summed E-state index contributed by atoms with van der Waals surface area (Å²) in [6.07, 6.45) is -2.02. The fourth-order valence-electron chi connectivity index (χ4n) is 3.15. The predicted molar refractivity (Wildman–Crippen MR) is 89.5 cm³/mol. The van der Waals surface area contributed by atoms with Gasteiger partial charge < -0.3 is 15.4 Å². The summed E-state index contributed by atoms with van der Waals surface area (Å²) in [5.41, 5.74) is 0.720. The number of alkyl halides is 2. The van der Waals surface area contributed by atoms with Crippen molar-refractivity contribution in [3.63, 3.8) is 0 Å². The van der Waals surface area contributed by atoms with Crippen LogP contribution in [0, 0.1) is 0 Å². The zero-order chi connectivity index (χ0) is 18.7. The molecule has 0 bridgehead atoms. The summed E-state index contributed by atoms with van der Waals surface area (Å²) in [4.78, 5) is 25.9. The molecule has 26 heavy (non-hydrogen) atoms. The number of urea groups is 2. The third kappa shape index (κ3) is 4.10. The summed E-state index contributed by atoms with van der Waals surface area (Å²) in [7, 11) is 0. The maximum atomic E-state index is 12.6. The maximum Gasteiger partial charge on any atom is 0.328 e. The van der Waals surface area contributed by atoms with Gasteiger partial charge in [0.25, 0.3) is 6.43 Å². The predicted octanol–water partition coefficient (Wildman–Crippen LogP) is 2.47. The number of amides is 4. The molecule has 1 aromatic carbocycles. The van der Waals surface area contributed by atoms with Crippen molar-refractivity contribution in [2.45, 2.75) is 44.6 Å². The molecule has 0 aromatic heterocycles. The Labute approximate surface area is 150 Å². The molecule has 0 saturated carbocycles. The van der Waals surface area contributed by atoms with Gasteiger partial charge in [0.1, 0.15) is 0 Å².